The quantitative estimate of drug-likeness (QED) is 0.0827. The van der Waals surface area contributed by atoms with Crippen molar-refractivity contribution in [3.05, 3.63) is 41.6 Å². The molecule has 1 aliphatic rings. The van der Waals surface area contributed by atoms with Gasteiger partial charge >= 0.3 is 5.97 Å². The van der Waals surface area contributed by atoms with E-state index in [1.165, 1.54) is 0 Å². The molecule has 296 valence electrons. The molecule has 3 amide bonds. The number of methoxy groups -OCH3 is 1. The minimum absolute atomic E-state index is 0.0595. The number of anilines is 2. The van der Waals surface area contributed by atoms with Crippen LogP contribution in [-0.2, 0) is 41.7 Å². The van der Waals surface area contributed by atoms with Crippen molar-refractivity contribution in [2.75, 3.05) is 90.4 Å². The second-order valence-electron chi connectivity index (χ2n) is 13.0. The van der Waals surface area contributed by atoms with Gasteiger partial charge in [0.1, 0.15) is 11.3 Å². The molecule has 2 aromatic heterocycles. The average molecular weight is 754 g/mol. The predicted octanol–water partition coefficient (Wildman–Crippen LogP) is 1.84. The number of nitrogen functional groups attached to an aromatic ring is 1. The number of fused-ring (bicyclic) bond motifs is 1. The number of piperazine rings is 1. The van der Waals surface area contributed by atoms with Gasteiger partial charge in [-0.15, -0.1) is 0 Å². The molecule has 3 heterocycles. The first-order chi connectivity index (χ1) is 26.2. The number of carboxylic acid groups (broad SMARTS) is 1. The van der Waals surface area contributed by atoms with Crippen LogP contribution < -0.4 is 26.4 Å². The van der Waals surface area contributed by atoms with E-state index in [0.29, 0.717) is 45.9 Å². The molecule has 1 fully saturated rings. The van der Waals surface area contributed by atoms with Crippen LogP contribution in [0.4, 0.5) is 11.8 Å². The lowest BCUT2D eigenvalue weighted by Crippen LogP contribution is -2.48. The predicted molar refractivity (Wildman–Crippen MR) is 203 cm³/mol. The maximum Gasteiger partial charge on any atom is 0.303 e. The Bertz CT molecular complexity index is 1680. The highest BCUT2D eigenvalue weighted by Crippen LogP contribution is 2.27. The average Bonchev–Trinajstić information content (AvgIpc) is 3.56. The van der Waals surface area contributed by atoms with Gasteiger partial charge < -0.3 is 50.5 Å². The maximum absolute atomic E-state index is 12.8. The van der Waals surface area contributed by atoms with E-state index in [1.807, 2.05) is 17.2 Å². The fourth-order valence-corrected chi connectivity index (χ4v) is 6.03. The van der Waals surface area contributed by atoms with Gasteiger partial charge in [-0.3, -0.25) is 24.1 Å². The fourth-order valence-electron chi connectivity index (χ4n) is 6.03. The van der Waals surface area contributed by atoms with Crippen LogP contribution in [-0.4, -0.2) is 132 Å². The number of rotatable bonds is 24. The molecule has 0 radical (unpaired) electrons. The summed E-state index contributed by atoms with van der Waals surface area (Å²) >= 11 is 0. The molecular formula is C37H55N9O8. The molecule has 0 unspecified atom stereocenters. The Morgan fingerprint density at radius 1 is 0.870 bits per heavy atom. The number of amides is 3. The van der Waals surface area contributed by atoms with Crippen LogP contribution in [0.1, 0.15) is 56.6 Å². The normalized spacial score (nSPS) is 13.2. The van der Waals surface area contributed by atoms with Gasteiger partial charge in [0, 0.05) is 64.0 Å². The Labute approximate surface area is 315 Å². The van der Waals surface area contributed by atoms with E-state index in [9.17, 15) is 19.2 Å². The lowest BCUT2D eigenvalue weighted by Gasteiger charge is -2.35. The van der Waals surface area contributed by atoms with Crippen molar-refractivity contribution in [1.29, 1.82) is 0 Å². The van der Waals surface area contributed by atoms with E-state index in [2.05, 4.69) is 60.5 Å². The van der Waals surface area contributed by atoms with E-state index < -0.39 is 17.8 Å². The summed E-state index contributed by atoms with van der Waals surface area (Å²) in [6.45, 7) is 8.39. The number of aliphatic carboxylic acids is 1. The molecule has 3 aromatic rings. The molecule has 1 aliphatic heterocycles. The molecular weight excluding hydrogens is 698 g/mol. The molecule has 4 rings (SSSR count). The number of hydrogen-bond donors (Lipinski definition) is 5. The molecule has 6 N–H and O–H groups in total. The molecule has 0 bridgehead atoms. The molecule has 0 aliphatic carbocycles. The Morgan fingerprint density at radius 3 is 2.39 bits per heavy atom. The van der Waals surface area contributed by atoms with Crippen molar-refractivity contribution in [2.24, 2.45) is 0 Å². The van der Waals surface area contributed by atoms with Crippen LogP contribution in [0.25, 0.3) is 11.0 Å². The largest absolute Gasteiger partial charge is 0.496 e. The van der Waals surface area contributed by atoms with Crippen LogP contribution in [0.2, 0.25) is 0 Å². The summed E-state index contributed by atoms with van der Waals surface area (Å²) in [5.41, 5.74) is 9.89. The molecule has 54 heavy (non-hydrogen) atoms. The van der Waals surface area contributed by atoms with Crippen molar-refractivity contribution in [3.63, 3.8) is 0 Å². The summed E-state index contributed by atoms with van der Waals surface area (Å²) in [6.07, 6.45) is 5.17. The lowest BCUT2D eigenvalue weighted by atomic mass is 10.1. The number of nitrogens with two attached hydrogens (primary N) is 1. The first-order valence-corrected chi connectivity index (χ1v) is 18.6. The summed E-state index contributed by atoms with van der Waals surface area (Å²) < 4.78 is 18.9. The van der Waals surface area contributed by atoms with E-state index in [0.717, 1.165) is 79.2 Å². The number of unbranched alkanes of at least 4 members (excludes halogenated alkanes) is 2. The number of nitrogens with one attached hydrogen (secondary N) is 3. The number of nitrogens with zero attached hydrogens (tertiary/aromatic N) is 5. The second-order valence-corrected chi connectivity index (χ2v) is 13.0. The second kappa shape index (κ2) is 22.3. The lowest BCUT2D eigenvalue weighted by molar-refractivity contribution is -0.139. The van der Waals surface area contributed by atoms with Crippen LogP contribution in [0.15, 0.2) is 30.5 Å². The molecule has 17 heteroatoms. The van der Waals surface area contributed by atoms with Crippen molar-refractivity contribution in [2.45, 2.75) is 58.5 Å². The number of carboxylic acids is 1. The number of carbonyl (C=O) groups is 4. The van der Waals surface area contributed by atoms with Crippen molar-refractivity contribution >= 4 is 46.5 Å². The van der Waals surface area contributed by atoms with Crippen molar-refractivity contribution in [1.82, 2.24) is 35.0 Å². The van der Waals surface area contributed by atoms with E-state index in [4.69, 9.17) is 25.1 Å². The topological polar surface area (TPSA) is 215 Å². The Balaban J connectivity index is 1.11. The minimum atomic E-state index is -1.07. The SMILES string of the molecule is CCCCCNc1nc(N)nc2ccn(Cc3ccc(CN4CCN(C(=O)CCOCCOCCNC(=O)CNC(=O)CCC(=O)O)CC4)cc3OC)c12. The molecule has 1 aromatic carbocycles. The van der Waals surface area contributed by atoms with Gasteiger partial charge in [0.25, 0.3) is 0 Å². The van der Waals surface area contributed by atoms with Gasteiger partial charge in [0.2, 0.25) is 23.7 Å². The Kier molecular flexibility index (Phi) is 17.2. The third kappa shape index (κ3) is 13.8. The third-order valence-corrected chi connectivity index (χ3v) is 8.94. The zero-order valence-electron chi connectivity index (χ0n) is 31.4. The van der Waals surface area contributed by atoms with Gasteiger partial charge in [-0.25, -0.2) is 4.98 Å². The number of benzene rings is 1. The zero-order valence-corrected chi connectivity index (χ0v) is 31.4. The fraction of sp³-hybridized carbons (Fsp3) is 0.568. The molecule has 17 nitrogen and oxygen atoms in total. The number of hydrogen-bond acceptors (Lipinski definition) is 12. The standard InChI is InChI=1S/C37H55N9O8/c1-3-4-5-12-40-36-35-29(42-37(38)43-36)10-14-46(35)26-28-7-6-27(23-30(28)52-2)25-44-15-17-45(18-16-44)33(49)11-19-53-21-22-54-20-13-39-32(48)24-41-31(47)8-9-34(50)51/h6-7,10,14,23H,3-5,8-9,11-13,15-22,24-26H2,1-2H3,(H,39,48)(H,41,47)(H,50,51)(H3,38,40,42,43). The number of aromatic nitrogens is 3. The summed E-state index contributed by atoms with van der Waals surface area (Å²) in [5, 5.41) is 17.0. The first-order valence-electron chi connectivity index (χ1n) is 18.6. The van der Waals surface area contributed by atoms with Crippen LogP contribution in [0.5, 0.6) is 5.75 Å². The number of carbonyl (C=O) groups excluding carboxylic acids is 3. The molecule has 0 atom stereocenters. The van der Waals surface area contributed by atoms with Gasteiger partial charge in [-0.1, -0.05) is 31.9 Å². The van der Waals surface area contributed by atoms with E-state index in [-0.39, 0.29) is 44.4 Å². The Morgan fingerprint density at radius 2 is 1.65 bits per heavy atom. The summed E-state index contributed by atoms with van der Waals surface area (Å²) in [6, 6.07) is 8.28. The smallest absolute Gasteiger partial charge is 0.303 e. The van der Waals surface area contributed by atoms with Gasteiger partial charge in [0.15, 0.2) is 5.82 Å². The minimum Gasteiger partial charge on any atom is -0.496 e. The molecule has 0 spiro atoms. The monoisotopic (exact) mass is 753 g/mol. The highest BCUT2D eigenvalue weighted by atomic mass is 16.5. The van der Waals surface area contributed by atoms with Gasteiger partial charge in [0.05, 0.1) is 65.0 Å². The zero-order chi connectivity index (χ0) is 38.7. The van der Waals surface area contributed by atoms with Gasteiger partial charge in [-0.2, -0.15) is 4.98 Å². The summed E-state index contributed by atoms with van der Waals surface area (Å²) in [4.78, 5) is 59.6. The van der Waals surface area contributed by atoms with Crippen molar-refractivity contribution in [3.8, 4) is 5.75 Å². The Hall–Kier alpha value is -5.00. The van der Waals surface area contributed by atoms with Crippen molar-refractivity contribution < 1.29 is 38.5 Å². The van der Waals surface area contributed by atoms with Crippen LogP contribution in [0.3, 0.4) is 0 Å². The molecule has 1 saturated heterocycles. The highest BCUT2D eigenvalue weighted by molar-refractivity contribution is 5.88. The summed E-state index contributed by atoms with van der Waals surface area (Å²) in [5.74, 6) is -0.110. The van der Waals surface area contributed by atoms with Crippen LogP contribution in [0, 0.1) is 0 Å². The molecule has 0 saturated carbocycles. The van der Waals surface area contributed by atoms with Gasteiger partial charge in [-0.05, 0) is 24.1 Å². The highest BCUT2D eigenvalue weighted by Gasteiger charge is 2.21. The third-order valence-electron chi connectivity index (χ3n) is 8.94. The van der Waals surface area contributed by atoms with Crippen LogP contribution >= 0.6 is 0 Å². The van der Waals surface area contributed by atoms with E-state index in [1.54, 1.807) is 7.11 Å². The number of ether oxygens (including phenoxy) is 3. The summed E-state index contributed by atoms with van der Waals surface area (Å²) in [7, 11) is 1.69. The first kappa shape index (κ1) is 41.8. The van der Waals surface area contributed by atoms with E-state index >= 15 is 0 Å². The maximum atomic E-state index is 12.8.